The number of rotatable bonds is 5. The molecule has 0 amide bonds. The summed E-state index contributed by atoms with van der Waals surface area (Å²) in [5, 5.41) is 5.24. The van der Waals surface area contributed by atoms with Crippen LogP contribution in [0.15, 0.2) is 30.6 Å². The molecule has 0 bridgehead atoms. The van der Waals surface area contributed by atoms with Gasteiger partial charge in [-0.05, 0) is 49.8 Å². The van der Waals surface area contributed by atoms with Crippen molar-refractivity contribution in [1.82, 2.24) is 19.7 Å². The van der Waals surface area contributed by atoms with E-state index >= 15 is 0 Å². The molecule has 7 heteroatoms. The highest BCUT2D eigenvalue weighted by atomic mass is 35.5. The molecule has 2 heterocycles. The van der Waals surface area contributed by atoms with E-state index in [1.807, 2.05) is 19.2 Å². The number of morpholine rings is 1. The van der Waals surface area contributed by atoms with E-state index in [2.05, 4.69) is 27.1 Å². The van der Waals surface area contributed by atoms with Crippen molar-refractivity contribution in [1.29, 1.82) is 0 Å². The molecule has 2 unspecified atom stereocenters. The Morgan fingerprint density at radius 2 is 1.96 bits per heavy atom. The van der Waals surface area contributed by atoms with Crippen LogP contribution in [0.5, 0.6) is 0 Å². The SMILES string of the molecule is Cn1cnc(C2CCC(N3CC(C=O)OCC3Cc3ccc(Cl)cc3)CC2)n1. The summed E-state index contributed by atoms with van der Waals surface area (Å²) in [5.74, 6) is 1.40. The number of halogens is 1. The lowest BCUT2D eigenvalue weighted by atomic mass is 9.83. The highest BCUT2D eigenvalue weighted by Gasteiger charge is 2.36. The maximum Gasteiger partial charge on any atom is 0.153 e. The van der Waals surface area contributed by atoms with E-state index in [0.717, 1.165) is 49.2 Å². The fourth-order valence-electron chi connectivity index (χ4n) is 4.55. The van der Waals surface area contributed by atoms with Crippen LogP contribution in [0.3, 0.4) is 0 Å². The first kappa shape index (κ1) is 19.6. The second-order valence-corrected chi connectivity index (χ2v) is 8.41. The average Bonchev–Trinajstić information content (AvgIpc) is 3.16. The molecule has 1 aromatic carbocycles. The van der Waals surface area contributed by atoms with E-state index in [9.17, 15) is 4.79 Å². The quantitative estimate of drug-likeness (QED) is 0.719. The lowest BCUT2D eigenvalue weighted by Crippen LogP contribution is -2.55. The Labute approximate surface area is 170 Å². The molecule has 1 aliphatic carbocycles. The molecule has 0 N–H and O–H groups in total. The van der Waals surface area contributed by atoms with Crippen LogP contribution in [0.2, 0.25) is 5.02 Å². The number of benzene rings is 1. The van der Waals surface area contributed by atoms with E-state index in [4.69, 9.17) is 16.3 Å². The van der Waals surface area contributed by atoms with E-state index in [-0.39, 0.29) is 12.1 Å². The van der Waals surface area contributed by atoms with E-state index in [0.29, 0.717) is 25.1 Å². The first-order chi connectivity index (χ1) is 13.6. The van der Waals surface area contributed by atoms with Gasteiger partial charge in [0.1, 0.15) is 18.7 Å². The molecule has 6 nitrogen and oxygen atoms in total. The minimum Gasteiger partial charge on any atom is -0.368 e. The number of ether oxygens (including phenoxy) is 1. The zero-order chi connectivity index (χ0) is 19.5. The summed E-state index contributed by atoms with van der Waals surface area (Å²) in [6, 6.07) is 8.79. The predicted molar refractivity (Wildman–Crippen MR) is 107 cm³/mol. The second-order valence-electron chi connectivity index (χ2n) is 7.97. The number of hydrogen-bond donors (Lipinski definition) is 0. The molecule has 2 aliphatic rings. The van der Waals surface area contributed by atoms with Crippen LogP contribution in [0.25, 0.3) is 0 Å². The molecule has 2 fully saturated rings. The number of aryl methyl sites for hydroxylation is 1. The zero-order valence-corrected chi connectivity index (χ0v) is 17.0. The van der Waals surface area contributed by atoms with Gasteiger partial charge in [-0.15, -0.1) is 0 Å². The summed E-state index contributed by atoms with van der Waals surface area (Å²) in [6.07, 6.45) is 7.69. The van der Waals surface area contributed by atoms with Crippen molar-refractivity contribution in [3.05, 3.63) is 47.0 Å². The van der Waals surface area contributed by atoms with Gasteiger partial charge in [-0.1, -0.05) is 23.7 Å². The van der Waals surface area contributed by atoms with Crippen molar-refractivity contribution in [3.8, 4) is 0 Å². The molecule has 150 valence electrons. The molecule has 4 rings (SSSR count). The number of aromatic nitrogens is 3. The van der Waals surface area contributed by atoms with Crippen molar-refractivity contribution < 1.29 is 9.53 Å². The van der Waals surface area contributed by atoms with Crippen LogP contribution in [-0.2, 0) is 23.0 Å². The Morgan fingerprint density at radius 1 is 1.21 bits per heavy atom. The highest BCUT2D eigenvalue weighted by molar-refractivity contribution is 6.30. The Morgan fingerprint density at radius 3 is 2.61 bits per heavy atom. The van der Waals surface area contributed by atoms with Crippen LogP contribution < -0.4 is 0 Å². The Balaban J connectivity index is 1.43. The fraction of sp³-hybridized carbons (Fsp3) is 0.571. The topological polar surface area (TPSA) is 60.2 Å². The molecule has 1 aliphatic heterocycles. The second kappa shape index (κ2) is 8.72. The van der Waals surface area contributed by atoms with Crippen molar-refractivity contribution in [2.45, 2.75) is 56.2 Å². The normalized spacial score (nSPS) is 28.9. The van der Waals surface area contributed by atoms with Gasteiger partial charge in [-0.2, -0.15) is 5.10 Å². The predicted octanol–water partition coefficient (Wildman–Crippen LogP) is 3.01. The van der Waals surface area contributed by atoms with Gasteiger partial charge >= 0.3 is 0 Å². The lowest BCUT2D eigenvalue weighted by molar-refractivity contribution is -0.131. The van der Waals surface area contributed by atoms with Gasteiger partial charge in [0.25, 0.3) is 0 Å². The minimum absolute atomic E-state index is 0.284. The van der Waals surface area contributed by atoms with Crippen molar-refractivity contribution in [3.63, 3.8) is 0 Å². The van der Waals surface area contributed by atoms with Crippen molar-refractivity contribution in [2.24, 2.45) is 7.05 Å². The third kappa shape index (κ3) is 4.45. The van der Waals surface area contributed by atoms with Crippen molar-refractivity contribution >= 4 is 17.9 Å². The van der Waals surface area contributed by atoms with Gasteiger partial charge in [0.05, 0.1) is 6.61 Å². The summed E-state index contributed by atoms with van der Waals surface area (Å²) < 4.78 is 7.57. The standard InChI is InChI=1S/C21H27ClN4O2/c1-25-14-23-21(24-25)16-4-8-18(9-5-16)26-11-20(12-27)28-13-19(26)10-15-2-6-17(22)7-3-15/h2-3,6-7,12,14,16,18-20H,4-5,8-11,13H2,1H3. The average molecular weight is 403 g/mol. The number of aldehydes is 1. The molecular weight excluding hydrogens is 376 g/mol. The van der Waals surface area contributed by atoms with Gasteiger partial charge in [0.2, 0.25) is 0 Å². The molecule has 0 radical (unpaired) electrons. The molecule has 0 spiro atoms. The largest absolute Gasteiger partial charge is 0.368 e. The number of nitrogens with zero attached hydrogens (tertiary/aromatic N) is 4. The Hall–Kier alpha value is -1.76. The van der Waals surface area contributed by atoms with Crippen LogP contribution in [0.1, 0.15) is 43.0 Å². The molecule has 2 aromatic rings. The molecule has 28 heavy (non-hydrogen) atoms. The van der Waals surface area contributed by atoms with E-state index < -0.39 is 0 Å². The summed E-state index contributed by atoms with van der Waals surface area (Å²) >= 11 is 6.02. The molecule has 1 aromatic heterocycles. The van der Waals surface area contributed by atoms with Crippen LogP contribution in [-0.4, -0.2) is 57.3 Å². The van der Waals surface area contributed by atoms with Gasteiger partial charge in [0.15, 0.2) is 5.82 Å². The molecule has 2 atom stereocenters. The van der Waals surface area contributed by atoms with Crippen LogP contribution in [0, 0.1) is 0 Å². The summed E-state index contributed by atoms with van der Waals surface area (Å²) in [7, 11) is 1.91. The smallest absolute Gasteiger partial charge is 0.153 e. The molecule has 1 saturated heterocycles. The minimum atomic E-state index is -0.323. The fourth-order valence-corrected chi connectivity index (χ4v) is 4.67. The first-order valence-corrected chi connectivity index (χ1v) is 10.4. The highest BCUT2D eigenvalue weighted by Crippen LogP contribution is 2.35. The monoisotopic (exact) mass is 402 g/mol. The number of carbonyl (C=O) groups excluding carboxylic acids is 1. The summed E-state index contributed by atoms with van der Waals surface area (Å²) in [5.41, 5.74) is 1.25. The maximum atomic E-state index is 11.3. The molecule has 1 saturated carbocycles. The van der Waals surface area contributed by atoms with Crippen LogP contribution >= 0.6 is 11.6 Å². The van der Waals surface area contributed by atoms with E-state index in [1.165, 1.54) is 5.56 Å². The first-order valence-electron chi connectivity index (χ1n) is 10.0. The number of carbonyl (C=O) groups is 1. The third-order valence-corrected chi connectivity index (χ3v) is 6.30. The summed E-state index contributed by atoms with van der Waals surface area (Å²) in [4.78, 5) is 18.3. The van der Waals surface area contributed by atoms with Crippen LogP contribution in [0.4, 0.5) is 0 Å². The maximum absolute atomic E-state index is 11.3. The van der Waals surface area contributed by atoms with Gasteiger partial charge in [0, 0.05) is 36.6 Å². The van der Waals surface area contributed by atoms with Gasteiger partial charge in [-0.25, -0.2) is 4.98 Å². The Bertz CT molecular complexity index is 786. The Kier molecular flexibility index (Phi) is 6.09. The third-order valence-electron chi connectivity index (χ3n) is 6.05. The van der Waals surface area contributed by atoms with E-state index in [1.54, 1.807) is 11.0 Å². The van der Waals surface area contributed by atoms with Gasteiger partial charge in [-0.3, -0.25) is 9.58 Å². The number of hydrogen-bond acceptors (Lipinski definition) is 5. The summed E-state index contributed by atoms with van der Waals surface area (Å²) in [6.45, 7) is 1.27. The lowest BCUT2D eigenvalue weighted by Gasteiger charge is -2.45. The van der Waals surface area contributed by atoms with Gasteiger partial charge < -0.3 is 9.53 Å². The zero-order valence-electron chi connectivity index (χ0n) is 16.2. The van der Waals surface area contributed by atoms with Crippen molar-refractivity contribution in [2.75, 3.05) is 13.2 Å². The molecular formula is C21H27ClN4O2.